The first-order chi connectivity index (χ1) is 13.2. The Morgan fingerprint density at radius 1 is 1.07 bits per heavy atom. The van der Waals surface area contributed by atoms with Gasteiger partial charge in [-0.3, -0.25) is 4.79 Å². The first-order valence-corrected chi connectivity index (χ1v) is 9.29. The fourth-order valence-corrected chi connectivity index (χ4v) is 3.44. The summed E-state index contributed by atoms with van der Waals surface area (Å²) in [6.07, 6.45) is 1.73. The number of benzene rings is 2. The van der Waals surface area contributed by atoms with Gasteiger partial charge in [0.1, 0.15) is 5.82 Å². The number of hydrogen-bond acceptors (Lipinski definition) is 4. The molecule has 1 unspecified atom stereocenters. The number of carbonyl (C=O) groups is 1. The first-order valence-electron chi connectivity index (χ1n) is 9.29. The van der Waals surface area contributed by atoms with Crippen LogP contribution in [0.5, 0.6) is 0 Å². The lowest BCUT2D eigenvalue weighted by Crippen LogP contribution is -2.38. The molecule has 2 aromatic carbocycles. The molecule has 5 heteroatoms. The Balaban J connectivity index is 1.54. The topological polar surface area (TPSA) is 54.5 Å². The molecule has 0 aliphatic carbocycles. The molecule has 1 aromatic heterocycles. The van der Waals surface area contributed by atoms with Crippen molar-refractivity contribution < 1.29 is 9.53 Å². The first kappa shape index (κ1) is 17.5. The third-order valence-electron chi connectivity index (χ3n) is 4.96. The Bertz CT molecular complexity index is 951. The predicted molar refractivity (Wildman–Crippen MR) is 107 cm³/mol. The summed E-state index contributed by atoms with van der Waals surface area (Å²) in [6, 6.07) is 18.1. The summed E-state index contributed by atoms with van der Waals surface area (Å²) in [4.78, 5) is 19.5. The quantitative estimate of drug-likeness (QED) is 0.772. The number of anilines is 1. The van der Waals surface area contributed by atoms with E-state index in [9.17, 15) is 4.79 Å². The Morgan fingerprint density at radius 3 is 2.67 bits per heavy atom. The molecule has 2 heterocycles. The van der Waals surface area contributed by atoms with Crippen molar-refractivity contribution in [1.82, 2.24) is 10.3 Å². The van der Waals surface area contributed by atoms with Crippen LogP contribution in [0.4, 0.5) is 5.82 Å². The van der Waals surface area contributed by atoms with Crippen LogP contribution >= 0.6 is 0 Å². The lowest BCUT2D eigenvalue weighted by Gasteiger charge is -2.29. The van der Waals surface area contributed by atoms with Crippen LogP contribution in [0.1, 0.15) is 28.9 Å². The molecule has 5 nitrogen and oxygen atoms in total. The molecule has 0 bridgehead atoms. The molecule has 0 saturated carbocycles. The molecular weight excluding hydrogens is 338 g/mol. The van der Waals surface area contributed by atoms with Crippen molar-refractivity contribution in [2.24, 2.45) is 0 Å². The monoisotopic (exact) mass is 361 g/mol. The van der Waals surface area contributed by atoms with Gasteiger partial charge in [0.2, 0.25) is 0 Å². The Kier molecular flexibility index (Phi) is 5.03. The standard InChI is InChI=1S/C22H23N3O2/c1-16(18-9-8-17-5-2-3-6-19(17)15-18)24-22(26)20-7-4-10-23-21(20)25-11-13-27-14-12-25/h2-10,15-16H,11-14H2,1H3,(H,24,26). The number of rotatable bonds is 4. The van der Waals surface area contributed by atoms with Crippen LogP contribution < -0.4 is 10.2 Å². The van der Waals surface area contributed by atoms with Gasteiger partial charge in [-0.15, -0.1) is 0 Å². The number of ether oxygens (including phenoxy) is 1. The van der Waals surface area contributed by atoms with Crippen molar-refractivity contribution in [3.63, 3.8) is 0 Å². The molecular formula is C22H23N3O2. The highest BCUT2D eigenvalue weighted by molar-refractivity contribution is 5.99. The normalized spacial score (nSPS) is 15.5. The molecule has 1 atom stereocenters. The minimum atomic E-state index is -0.106. The summed E-state index contributed by atoms with van der Waals surface area (Å²) in [5.41, 5.74) is 1.69. The summed E-state index contributed by atoms with van der Waals surface area (Å²) in [5, 5.41) is 5.49. The molecule has 27 heavy (non-hydrogen) atoms. The van der Waals surface area contributed by atoms with Crippen LogP contribution in [-0.4, -0.2) is 37.2 Å². The zero-order chi connectivity index (χ0) is 18.6. The highest BCUT2D eigenvalue weighted by atomic mass is 16.5. The number of amides is 1. The second kappa shape index (κ2) is 7.76. The second-order valence-electron chi connectivity index (χ2n) is 6.78. The van der Waals surface area contributed by atoms with E-state index in [1.165, 1.54) is 10.8 Å². The van der Waals surface area contributed by atoms with Crippen molar-refractivity contribution in [1.29, 1.82) is 0 Å². The van der Waals surface area contributed by atoms with E-state index in [4.69, 9.17) is 4.74 Å². The van der Waals surface area contributed by atoms with Crippen LogP contribution in [0.25, 0.3) is 10.8 Å². The van der Waals surface area contributed by atoms with E-state index in [2.05, 4.69) is 45.5 Å². The maximum Gasteiger partial charge on any atom is 0.255 e. The molecule has 1 N–H and O–H groups in total. The number of fused-ring (bicyclic) bond motifs is 1. The number of morpholine rings is 1. The van der Waals surface area contributed by atoms with E-state index >= 15 is 0 Å². The molecule has 0 radical (unpaired) electrons. The fourth-order valence-electron chi connectivity index (χ4n) is 3.44. The van der Waals surface area contributed by atoms with Gasteiger partial charge >= 0.3 is 0 Å². The van der Waals surface area contributed by atoms with Crippen LogP contribution in [-0.2, 0) is 4.74 Å². The Morgan fingerprint density at radius 2 is 1.85 bits per heavy atom. The lowest BCUT2D eigenvalue weighted by atomic mass is 10.0. The van der Waals surface area contributed by atoms with Gasteiger partial charge in [0.05, 0.1) is 24.8 Å². The number of nitrogens with zero attached hydrogens (tertiary/aromatic N) is 2. The summed E-state index contributed by atoms with van der Waals surface area (Å²) in [6.45, 7) is 4.82. The number of pyridine rings is 1. The average molecular weight is 361 g/mol. The maximum atomic E-state index is 12.9. The molecule has 1 aliphatic rings. The molecule has 1 aliphatic heterocycles. The van der Waals surface area contributed by atoms with E-state index in [1.54, 1.807) is 12.3 Å². The van der Waals surface area contributed by atoms with Crippen LogP contribution in [0.3, 0.4) is 0 Å². The number of carbonyl (C=O) groups excluding carboxylic acids is 1. The van der Waals surface area contributed by atoms with E-state index in [0.29, 0.717) is 18.8 Å². The predicted octanol–water partition coefficient (Wildman–Crippen LogP) is 3.56. The smallest absolute Gasteiger partial charge is 0.255 e. The number of aromatic nitrogens is 1. The van der Waals surface area contributed by atoms with E-state index in [1.807, 2.05) is 25.1 Å². The van der Waals surface area contributed by atoms with E-state index < -0.39 is 0 Å². The average Bonchev–Trinajstić information content (AvgIpc) is 2.74. The highest BCUT2D eigenvalue weighted by Gasteiger charge is 2.21. The third kappa shape index (κ3) is 3.78. The number of hydrogen-bond donors (Lipinski definition) is 1. The summed E-state index contributed by atoms with van der Waals surface area (Å²) in [5.74, 6) is 0.620. The fraction of sp³-hybridized carbons (Fsp3) is 0.273. The van der Waals surface area contributed by atoms with E-state index in [-0.39, 0.29) is 11.9 Å². The van der Waals surface area contributed by atoms with Crippen molar-refractivity contribution in [2.45, 2.75) is 13.0 Å². The maximum absolute atomic E-state index is 12.9. The molecule has 1 fully saturated rings. The summed E-state index contributed by atoms with van der Waals surface area (Å²) >= 11 is 0. The van der Waals surface area contributed by atoms with Gasteiger partial charge in [0.15, 0.2) is 0 Å². The van der Waals surface area contributed by atoms with Crippen molar-refractivity contribution >= 4 is 22.5 Å². The SMILES string of the molecule is CC(NC(=O)c1cccnc1N1CCOCC1)c1ccc2ccccc2c1. The molecule has 138 valence electrons. The van der Waals surface area contributed by atoms with Crippen LogP contribution in [0, 0.1) is 0 Å². The number of nitrogens with one attached hydrogen (secondary N) is 1. The van der Waals surface area contributed by atoms with Crippen LogP contribution in [0.15, 0.2) is 60.8 Å². The summed E-state index contributed by atoms with van der Waals surface area (Å²) < 4.78 is 5.41. The Labute approximate surface area is 159 Å². The zero-order valence-electron chi connectivity index (χ0n) is 15.4. The molecule has 0 spiro atoms. The van der Waals surface area contributed by atoms with E-state index in [0.717, 1.165) is 24.5 Å². The van der Waals surface area contributed by atoms with Crippen molar-refractivity contribution in [2.75, 3.05) is 31.2 Å². The van der Waals surface area contributed by atoms with Crippen molar-refractivity contribution in [3.8, 4) is 0 Å². The highest BCUT2D eigenvalue weighted by Crippen LogP contribution is 2.22. The van der Waals surface area contributed by atoms with Gasteiger partial charge < -0.3 is 15.0 Å². The largest absolute Gasteiger partial charge is 0.378 e. The minimum Gasteiger partial charge on any atom is -0.378 e. The lowest BCUT2D eigenvalue weighted by molar-refractivity contribution is 0.0938. The van der Waals surface area contributed by atoms with Crippen molar-refractivity contribution in [3.05, 3.63) is 71.9 Å². The molecule has 1 amide bonds. The molecule has 4 rings (SSSR count). The van der Waals surface area contributed by atoms with Gasteiger partial charge in [0, 0.05) is 19.3 Å². The Hall–Kier alpha value is -2.92. The van der Waals surface area contributed by atoms with Crippen LogP contribution in [0.2, 0.25) is 0 Å². The van der Waals surface area contributed by atoms with Gasteiger partial charge in [-0.2, -0.15) is 0 Å². The van der Waals surface area contributed by atoms with Gasteiger partial charge in [-0.1, -0.05) is 36.4 Å². The van der Waals surface area contributed by atoms with Gasteiger partial charge in [-0.05, 0) is 41.5 Å². The summed E-state index contributed by atoms with van der Waals surface area (Å²) in [7, 11) is 0. The minimum absolute atomic E-state index is 0.0974. The second-order valence-corrected chi connectivity index (χ2v) is 6.78. The van der Waals surface area contributed by atoms with Gasteiger partial charge in [-0.25, -0.2) is 4.98 Å². The van der Waals surface area contributed by atoms with Gasteiger partial charge in [0.25, 0.3) is 5.91 Å². The third-order valence-corrected chi connectivity index (χ3v) is 4.96. The molecule has 1 saturated heterocycles. The zero-order valence-corrected chi connectivity index (χ0v) is 15.4. The molecule has 3 aromatic rings.